The van der Waals surface area contributed by atoms with Gasteiger partial charge in [-0.2, -0.15) is 5.10 Å². The van der Waals surface area contributed by atoms with E-state index in [4.69, 9.17) is 11.6 Å². The van der Waals surface area contributed by atoms with Crippen LogP contribution in [0, 0.1) is 5.92 Å². The summed E-state index contributed by atoms with van der Waals surface area (Å²) in [5, 5.41) is 20.2. The van der Waals surface area contributed by atoms with Crippen molar-refractivity contribution in [3.8, 4) is 11.1 Å². The molecule has 9 heteroatoms. The number of aliphatic hydroxyl groups is 1. The molecule has 0 aromatic carbocycles. The lowest BCUT2D eigenvalue weighted by molar-refractivity contribution is -0.130. The van der Waals surface area contributed by atoms with Crippen molar-refractivity contribution in [2.24, 2.45) is 5.92 Å². The van der Waals surface area contributed by atoms with Gasteiger partial charge in [-0.05, 0) is 51.5 Å². The molecule has 2 aromatic heterocycles. The Balaban J connectivity index is 1.46. The quantitative estimate of drug-likeness (QED) is 0.655. The molecule has 1 aliphatic carbocycles. The lowest BCUT2D eigenvalue weighted by Gasteiger charge is -2.29. The molecule has 0 spiro atoms. The second kappa shape index (κ2) is 9.36. The van der Waals surface area contributed by atoms with Gasteiger partial charge >= 0.3 is 0 Å². The number of anilines is 1. The van der Waals surface area contributed by atoms with Crippen LogP contribution in [0.25, 0.3) is 11.1 Å². The van der Waals surface area contributed by atoms with Crippen molar-refractivity contribution >= 4 is 29.2 Å². The first-order chi connectivity index (χ1) is 14.9. The van der Waals surface area contributed by atoms with Crippen LogP contribution in [-0.2, 0) is 22.6 Å². The number of hydrogen-bond acceptors (Lipinski definition) is 5. The molecule has 2 unspecified atom stereocenters. The van der Waals surface area contributed by atoms with Crippen molar-refractivity contribution in [1.29, 1.82) is 0 Å². The Morgan fingerprint density at radius 3 is 2.87 bits per heavy atom. The van der Waals surface area contributed by atoms with Crippen LogP contribution in [0.15, 0.2) is 18.5 Å². The summed E-state index contributed by atoms with van der Waals surface area (Å²) in [6.07, 6.45) is 8.49. The maximum Gasteiger partial charge on any atom is 0.248 e. The van der Waals surface area contributed by atoms with Crippen molar-refractivity contribution in [3.63, 3.8) is 0 Å². The van der Waals surface area contributed by atoms with Crippen molar-refractivity contribution in [2.75, 3.05) is 5.32 Å². The third-order valence-electron chi connectivity index (χ3n) is 6.15. The molecular formula is C22H28ClN5O3. The average molecular weight is 446 g/mol. The Morgan fingerprint density at radius 2 is 2.06 bits per heavy atom. The van der Waals surface area contributed by atoms with E-state index in [1.807, 2.05) is 16.9 Å². The summed E-state index contributed by atoms with van der Waals surface area (Å²) in [6.45, 7) is 2.35. The number of hydrogen-bond donors (Lipinski definition) is 3. The zero-order valence-electron chi connectivity index (χ0n) is 17.6. The predicted molar refractivity (Wildman–Crippen MR) is 118 cm³/mol. The molecule has 2 amide bonds. The summed E-state index contributed by atoms with van der Waals surface area (Å²) in [6, 6.07) is 1.70. The monoisotopic (exact) mass is 445 g/mol. The van der Waals surface area contributed by atoms with Gasteiger partial charge < -0.3 is 15.7 Å². The Kier molecular flexibility index (Phi) is 6.57. The van der Waals surface area contributed by atoms with Gasteiger partial charge in [-0.3, -0.25) is 14.3 Å². The number of carbonyl (C=O) groups is 2. The summed E-state index contributed by atoms with van der Waals surface area (Å²) in [4.78, 5) is 28.9. The summed E-state index contributed by atoms with van der Waals surface area (Å²) in [7, 11) is 0. The van der Waals surface area contributed by atoms with E-state index in [1.165, 1.54) is 12.6 Å². The van der Waals surface area contributed by atoms with Crippen LogP contribution >= 0.6 is 11.6 Å². The minimum absolute atomic E-state index is 0.112. The lowest BCUT2D eigenvalue weighted by Crippen LogP contribution is -2.44. The van der Waals surface area contributed by atoms with Crippen LogP contribution in [0.2, 0.25) is 5.02 Å². The molecule has 2 aromatic rings. The van der Waals surface area contributed by atoms with Crippen molar-refractivity contribution in [2.45, 2.75) is 70.6 Å². The van der Waals surface area contributed by atoms with Crippen molar-refractivity contribution in [3.05, 3.63) is 29.2 Å². The molecule has 1 fully saturated rings. The summed E-state index contributed by atoms with van der Waals surface area (Å²) in [5.41, 5.74) is 2.97. The standard InChI is InChI=1S/C22H28ClN5O3/c1-13(29)21(30)26-15-6-4-5-14(9-15)22(31)27-20-10-16(18(23)12-24-20)17-11-25-28-8-3-2-7-19(17)28/h10-15,29H,2-9H2,1H3,(H,26,30)(H,24,27,31)/t13-,14?,15?/m0/s1. The maximum atomic E-state index is 12.9. The first kappa shape index (κ1) is 21.8. The van der Waals surface area contributed by atoms with Crippen LogP contribution in [0.4, 0.5) is 5.82 Å². The SMILES string of the molecule is C[C@H](O)C(=O)NC1CCCC(C(=O)Nc2cc(-c3cnn4c3CCCC4)c(Cl)cn2)C1. The molecule has 8 nitrogen and oxygen atoms in total. The van der Waals surface area contributed by atoms with Gasteiger partial charge in [-0.15, -0.1) is 0 Å². The predicted octanol–water partition coefficient (Wildman–Crippen LogP) is 2.93. The highest BCUT2D eigenvalue weighted by molar-refractivity contribution is 6.33. The van der Waals surface area contributed by atoms with Gasteiger partial charge in [-0.25, -0.2) is 4.98 Å². The summed E-state index contributed by atoms with van der Waals surface area (Å²) in [5.74, 6) is -0.290. The molecule has 166 valence electrons. The molecule has 0 radical (unpaired) electrons. The largest absolute Gasteiger partial charge is 0.384 e. The fourth-order valence-electron chi connectivity index (χ4n) is 4.47. The number of rotatable bonds is 5. The molecule has 0 bridgehead atoms. The number of halogens is 1. The van der Waals surface area contributed by atoms with Crippen molar-refractivity contribution < 1.29 is 14.7 Å². The van der Waals surface area contributed by atoms with E-state index < -0.39 is 12.0 Å². The minimum atomic E-state index is -1.06. The normalized spacial score (nSPS) is 21.8. The molecule has 1 aliphatic heterocycles. The van der Waals surface area contributed by atoms with E-state index >= 15 is 0 Å². The van der Waals surface area contributed by atoms with Gasteiger partial charge in [0.15, 0.2) is 0 Å². The Labute approximate surface area is 186 Å². The van der Waals surface area contributed by atoms with E-state index in [1.54, 1.807) is 6.20 Å². The molecule has 3 N–H and O–H groups in total. The van der Waals surface area contributed by atoms with E-state index in [2.05, 4.69) is 20.7 Å². The van der Waals surface area contributed by atoms with Crippen LogP contribution < -0.4 is 10.6 Å². The van der Waals surface area contributed by atoms with Gasteiger partial charge in [0.1, 0.15) is 11.9 Å². The molecule has 2 aliphatic rings. The molecule has 1 saturated carbocycles. The molecular weight excluding hydrogens is 418 g/mol. The molecule has 0 saturated heterocycles. The van der Waals surface area contributed by atoms with Gasteiger partial charge in [0, 0.05) is 41.5 Å². The third-order valence-corrected chi connectivity index (χ3v) is 6.45. The number of carbonyl (C=O) groups excluding carboxylic acids is 2. The minimum Gasteiger partial charge on any atom is -0.384 e. The Morgan fingerprint density at radius 1 is 1.23 bits per heavy atom. The highest BCUT2D eigenvalue weighted by atomic mass is 35.5. The van der Waals surface area contributed by atoms with Crippen LogP contribution in [-0.4, -0.2) is 43.8 Å². The highest BCUT2D eigenvalue weighted by Crippen LogP contribution is 2.34. The first-order valence-corrected chi connectivity index (χ1v) is 11.3. The maximum absolute atomic E-state index is 12.9. The number of nitrogens with one attached hydrogen (secondary N) is 2. The van der Waals surface area contributed by atoms with E-state index in [0.717, 1.165) is 56.2 Å². The molecule has 3 atom stereocenters. The Bertz CT molecular complexity index is 974. The number of pyridine rings is 1. The summed E-state index contributed by atoms with van der Waals surface area (Å²) >= 11 is 6.44. The molecule has 4 rings (SSSR count). The average Bonchev–Trinajstić information content (AvgIpc) is 3.19. The van der Waals surface area contributed by atoms with Crippen molar-refractivity contribution in [1.82, 2.24) is 20.1 Å². The first-order valence-electron chi connectivity index (χ1n) is 10.9. The number of fused-ring (bicyclic) bond motifs is 1. The summed E-state index contributed by atoms with van der Waals surface area (Å²) < 4.78 is 2.03. The topological polar surface area (TPSA) is 109 Å². The van der Waals surface area contributed by atoms with E-state index in [-0.39, 0.29) is 17.9 Å². The van der Waals surface area contributed by atoms with E-state index in [9.17, 15) is 14.7 Å². The van der Waals surface area contributed by atoms with Gasteiger partial charge in [-0.1, -0.05) is 18.0 Å². The second-order valence-corrected chi connectivity index (χ2v) is 8.88. The zero-order valence-corrected chi connectivity index (χ0v) is 18.4. The number of aromatic nitrogens is 3. The Hall–Kier alpha value is -2.45. The zero-order chi connectivity index (χ0) is 22.0. The van der Waals surface area contributed by atoms with Crippen LogP contribution in [0.1, 0.15) is 51.1 Å². The highest BCUT2D eigenvalue weighted by Gasteiger charge is 2.29. The third kappa shape index (κ3) is 4.91. The smallest absolute Gasteiger partial charge is 0.248 e. The lowest BCUT2D eigenvalue weighted by atomic mass is 9.85. The van der Waals surface area contributed by atoms with Gasteiger partial charge in [0.2, 0.25) is 11.8 Å². The number of aliphatic hydroxyl groups excluding tert-OH is 1. The van der Waals surface area contributed by atoms with E-state index in [0.29, 0.717) is 17.3 Å². The van der Waals surface area contributed by atoms with Gasteiger partial charge in [0.05, 0.1) is 11.2 Å². The number of amides is 2. The fourth-order valence-corrected chi connectivity index (χ4v) is 4.67. The fraction of sp³-hybridized carbons (Fsp3) is 0.545. The van der Waals surface area contributed by atoms with Crippen LogP contribution in [0.3, 0.4) is 0 Å². The molecule has 31 heavy (non-hydrogen) atoms. The van der Waals surface area contributed by atoms with Gasteiger partial charge in [0.25, 0.3) is 0 Å². The second-order valence-electron chi connectivity index (χ2n) is 8.47. The van der Waals surface area contributed by atoms with Crippen LogP contribution in [0.5, 0.6) is 0 Å². The number of aryl methyl sites for hydroxylation is 1. The molecule has 3 heterocycles. The number of nitrogens with zero attached hydrogens (tertiary/aromatic N) is 3.